The van der Waals surface area contributed by atoms with Crippen LogP contribution in [0.15, 0.2) is 69.9 Å². The number of halogens is 1. The molecule has 160 valence electrons. The summed E-state index contributed by atoms with van der Waals surface area (Å²) in [6, 6.07) is 18.7. The molecule has 0 saturated carbocycles. The van der Waals surface area contributed by atoms with Crippen LogP contribution in [-0.4, -0.2) is 53.9 Å². The van der Waals surface area contributed by atoms with E-state index in [1.54, 1.807) is 18.1 Å². The molecular formula is C23H23BrN4O3. The van der Waals surface area contributed by atoms with Gasteiger partial charge in [-0.05, 0) is 30.3 Å². The van der Waals surface area contributed by atoms with E-state index >= 15 is 0 Å². The Morgan fingerprint density at radius 2 is 1.77 bits per heavy atom. The van der Waals surface area contributed by atoms with E-state index in [2.05, 4.69) is 25.9 Å². The first-order valence-corrected chi connectivity index (χ1v) is 10.8. The Morgan fingerprint density at radius 1 is 1.03 bits per heavy atom. The molecule has 1 saturated heterocycles. The summed E-state index contributed by atoms with van der Waals surface area (Å²) in [5.74, 6) is 0.708. The minimum atomic E-state index is -0.288. The van der Waals surface area contributed by atoms with E-state index in [9.17, 15) is 9.59 Å². The monoisotopic (exact) mass is 482 g/mol. The molecule has 31 heavy (non-hydrogen) atoms. The molecule has 1 amide bonds. The van der Waals surface area contributed by atoms with E-state index in [0.717, 1.165) is 34.6 Å². The average Bonchev–Trinajstić information content (AvgIpc) is 2.81. The van der Waals surface area contributed by atoms with Gasteiger partial charge in [-0.15, -0.1) is 0 Å². The van der Waals surface area contributed by atoms with E-state index in [0.29, 0.717) is 18.8 Å². The molecule has 2 aromatic carbocycles. The fourth-order valence-electron chi connectivity index (χ4n) is 3.59. The summed E-state index contributed by atoms with van der Waals surface area (Å²) in [4.78, 5) is 29.1. The van der Waals surface area contributed by atoms with Crippen molar-refractivity contribution in [3.63, 3.8) is 0 Å². The second kappa shape index (κ2) is 9.34. The van der Waals surface area contributed by atoms with Gasteiger partial charge in [-0.25, -0.2) is 4.68 Å². The maximum absolute atomic E-state index is 12.8. The third-order valence-electron chi connectivity index (χ3n) is 5.34. The molecule has 0 atom stereocenters. The molecule has 7 nitrogen and oxygen atoms in total. The summed E-state index contributed by atoms with van der Waals surface area (Å²) in [5, 5.41) is 4.41. The number of hydrogen-bond acceptors (Lipinski definition) is 5. The molecular weight excluding hydrogens is 460 g/mol. The minimum absolute atomic E-state index is 0.0671. The average molecular weight is 483 g/mol. The molecule has 1 aromatic heterocycles. The maximum Gasteiger partial charge on any atom is 0.267 e. The summed E-state index contributed by atoms with van der Waals surface area (Å²) in [7, 11) is 1.65. The fourth-order valence-corrected chi connectivity index (χ4v) is 3.85. The van der Waals surface area contributed by atoms with Crippen molar-refractivity contribution in [2.75, 3.05) is 38.2 Å². The van der Waals surface area contributed by atoms with Gasteiger partial charge in [0.1, 0.15) is 12.3 Å². The molecule has 1 fully saturated rings. The van der Waals surface area contributed by atoms with Crippen LogP contribution in [0.25, 0.3) is 11.3 Å². The van der Waals surface area contributed by atoms with Gasteiger partial charge in [0.25, 0.3) is 5.56 Å². The number of nitrogens with zero attached hydrogens (tertiary/aromatic N) is 4. The van der Waals surface area contributed by atoms with Gasteiger partial charge in [0.05, 0.1) is 12.8 Å². The quantitative estimate of drug-likeness (QED) is 0.558. The highest BCUT2D eigenvalue weighted by Crippen LogP contribution is 2.22. The van der Waals surface area contributed by atoms with Crippen LogP contribution in [-0.2, 0) is 11.3 Å². The highest BCUT2D eigenvalue weighted by Gasteiger charge is 2.22. The Labute approximate surface area is 189 Å². The van der Waals surface area contributed by atoms with Crippen LogP contribution in [0.3, 0.4) is 0 Å². The molecule has 0 N–H and O–H groups in total. The van der Waals surface area contributed by atoms with Gasteiger partial charge in [-0.3, -0.25) is 9.59 Å². The maximum atomic E-state index is 12.8. The van der Waals surface area contributed by atoms with Gasteiger partial charge in [-0.1, -0.05) is 34.1 Å². The Bertz CT molecular complexity index is 1120. The topological polar surface area (TPSA) is 67.7 Å². The van der Waals surface area contributed by atoms with Crippen molar-refractivity contribution in [1.82, 2.24) is 14.7 Å². The largest absolute Gasteiger partial charge is 0.497 e. The number of anilines is 1. The van der Waals surface area contributed by atoms with Gasteiger partial charge in [0.2, 0.25) is 5.91 Å². The smallest absolute Gasteiger partial charge is 0.267 e. The lowest BCUT2D eigenvalue weighted by molar-refractivity contribution is -0.132. The van der Waals surface area contributed by atoms with Crippen molar-refractivity contribution in [1.29, 1.82) is 0 Å². The molecule has 4 rings (SSSR count). The van der Waals surface area contributed by atoms with Crippen LogP contribution in [0.2, 0.25) is 0 Å². The van der Waals surface area contributed by atoms with Crippen molar-refractivity contribution in [2.24, 2.45) is 0 Å². The third-order valence-corrected chi connectivity index (χ3v) is 5.87. The van der Waals surface area contributed by atoms with Gasteiger partial charge >= 0.3 is 0 Å². The SMILES string of the molecule is COc1cccc(N2CCN(C(=O)Cn3nc(-c4ccc(Br)cc4)ccc3=O)CC2)c1. The van der Waals surface area contributed by atoms with Crippen molar-refractivity contribution in [3.05, 3.63) is 75.5 Å². The van der Waals surface area contributed by atoms with Gasteiger partial charge < -0.3 is 14.5 Å². The first kappa shape index (κ1) is 21.1. The molecule has 0 spiro atoms. The summed E-state index contributed by atoms with van der Waals surface area (Å²) in [6.07, 6.45) is 0. The number of benzene rings is 2. The highest BCUT2D eigenvalue weighted by molar-refractivity contribution is 9.10. The fraction of sp³-hybridized carbons (Fsp3) is 0.261. The van der Waals surface area contributed by atoms with E-state index in [1.807, 2.05) is 48.5 Å². The molecule has 8 heteroatoms. The number of ether oxygens (including phenoxy) is 1. The van der Waals surface area contributed by atoms with Gasteiger partial charge in [0.15, 0.2) is 0 Å². The van der Waals surface area contributed by atoms with E-state index in [-0.39, 0.29) is 18.0 Å². The zero-order chi connectivity index (χ0) is 21.8. The minimum Gasteiger partial charge on any atom is -0.497 e. The van der Waals surface area contributed by atoms with E-state index < -0.39 is 0 Å². The lowest BCUT2D eigenvalue weighted by Gasteiger charge is -2.36. The number of amides is 1. The number of carbonyl (C=O) groups is 1. The predicted octanol–water partition coefficient (Wildman–Crippen LogP) is 3.03. The number of hydrogen-bond donors (Lipinski definition) is 0. The summed E-state index contributed by atoms with van der Waals surface area (Å²) in [5.41, 5.74) is 2.33. The molecule has 2 heterocycles. The number of aromatic nitrogens is 2. The van der Waals surface area contributed by atoms with Crippen molar-refractivity contribution >= 4 is 27.5 Å². The van der Waals surface area contributed by atoms with Crippen molar-refractivity contribution < 1.29 is 9.53 Å². The van der Waals surface area contributed by atoms with Crippen LogP contribution in [0.4, 0.5) is 5.69 Å². The lowest BCUT2D eigenvalue weighted by Crippen LogP contribution is -2.50. The number of carbonyl (C=O) groups excluding carboxylic acids is 1. The van der Waals surface area contributed by atoms with E-state index in [1.165, 1.54) is 10.7 Å². The van der Waals surface area contributed by atoms with Crippen molar-refractivity contribution in [2.45, 2.75) is 6.54 Å². The van der Waals surface area contributed by atoms with Crippen molar-refractivity contribution in [3.8, 4) is 17.0 Å². The summed E-state index contributed by atoms with van der Waals surface area (Å²) < 4.78 is 7.51. The van der Waals surface area contributed by atoms with Crippen LogP contribution >= 0.6 is 15.9 Å². The standard InChI is InChI=1S/C23H23BrN4O3/c1-31-20-4-2-3-19(15-20)26-11-13-27(14-12-26)23(30)16-28-22(29)10-9-21(25-28)17-5-7-18(24)8-6-17/h2-10,15H,11-14,16H2,1H3. The molecule has 3 aromatic rings. The Hall–Kier alpha value is -3.13. The first-order valence-electron chi connectivity index (χ1n) is 10.0. The third kappa shape index (κ3) is 4.96. The number of rotatable bonds is 5. The Balaban J connectivity index is 1.41. The Morgan fingerprint density at radius 3 is 2.48 bits per heavy atom. The Kier molecular flexibility index (Phi) is 6.36. The molecule has 0 unspecified atom stereocenters. The number of piperazine rings is 1. The second-order valence-corrected chi connectivity index (χ2v) is 8.21. The molecule has 1 aliphatic heterocycles. The molecule has 0 radical (unpaired) electrons. The highest BCUT2D eigenvalue weighted by atomic mass is 79.9. The lowest BCUT2D eigenvalue weighted by atomic mass is 10.1. The van der Waals surface area contributed by atoms with Crippen LogP contribution in [0.1, 0.15) is 0 Å². The molecule has 1 aliphatic rings. The zero-order valence-electron chi connectivity index (χ0n) is 17.2. The normalized spacial score (nSPS) is 13.9. The summed E-state index contributed by atoms with van der Waals surface area (Å²) >= 11 is 3.41. The van der Waals surface area contributed by atoms with Crippen LogP contribution in [0.5, 0.6) is 5.75 Å². The van der Waals surface area contributed by atoms with E-state index in [4.69, 9.17) is 4.74 Å². The zero-order valence-corrected chi connectivity index (χ0v) is 18.8. The number of methoxy groups -OCH3 is 1. The van der Waals surface area contributed by atoms with Gasteiger partial charge in [-0.2, -0.15) is 5.10 Å². The van der Waals surface area contributed by atoms with Crippen LogP contribution in [0, 0.1) is 0 Å². The van der Waals surface area contributed by atoms with Crippen LogP contribution < -0.4 is 15.2 Å². The predicted molar refractivity (Wildman–Crippen MR) is 123 cm³/mol. The summed E-state index contributed by atoms with van der Waals surface area (Å²) in [6.45, 7) is 2.57. The molecule has 0 bridgehead atoms. The second-order valence-electron chi connectivity index (χ2n) is 7.29. The van der Waals surface area contributed by atoms with Gasteiger partial charge in [0, 0.05) is 54.0 Å². The molecule has 0 aliphatic carbocycles. The first-order chi connectivity index (χ1) is 15.0.